The lowest BCUT2D eigenvalue weighted by Crippen LogP contribution is -2.30. The predicted octanol–water partition coefficient (Wildman–Crippen LogP) is 8.16. The van der Waals surface area contributed by atoms with Crippen LogP contribution in [0.15, 0.2) is 132 Å². The molecule has 0 radical (unpaired) electrons. The molecule has 0 aliphatic carbocycles. The van der Waals surface area contributed by atoms with Crippen molar-refractivity contribution in [2.75, 3.05) is 17.2 Å². The van der Waals surface area contributed by atoms with E-state index in [4.69, 9.17) is 4.74 Å². The van der Waals surface area contributed by atoms with Crippen LogP contribution in [0.2, 0.25) is 0 Å². The van der Waals surface area contributed by atoms with E-state index >= 15 is 0 Å². The van der Waals surface area contributed by atoms with E-state index in [0.717, 1.165) is 21.4 Å². The molecule has 0 fully saturated rings. The number of hydrogen-bond acceptors (Lipinski definition) is 5. The standard InChI is InChI=1S/C38H35N3O4S/c1-3-35(38(44)40-32-22-12-18-26-14-8-10-21-31(26)32)46-30-20-13-19-29(25-30)39-37(43)33(41-36(42)27-15-6-5-7-16-27)24-28-17-9-11-23-34(28)45-4-2/h5-25,35H,3-4H2,1-2H3,(H,39,43)(H,40,44)(H,41,42)/b33-24+. The smallest absolute Gasteiger partial charge is 0.272 e. The molecule has 0 aliphatic rings. The predicted molar refractivity (Wildman–Crippen MR) is 187 cm³/mol. The van der Waals surface area contributed by atoms with Crippen molar-refractivity contribution in [2.24, 2.45) is 0 Å². The Hall–Kier alpha value is -5.34. The minimum Gasteiger partial charge on any atom is -0.493 e. The molecule has 0 aliphatic heterocycles. The van der Waals surface area contributed by atoms with Gasteiger partial charge in [0.25, 0.3) is 11.8 Å². The number of amides is 3. The van der Waals surface area contributed by atoms with Gasteiger partial charge in [-0.15, -0.1) is 11.8 Å². The average Bonchev–Trinajstić information content (AvgIpc) is 3.08. The third-order valence-electron chi connectivity index (χ3n) is 7.13. The van der Waals surface area contributed by atoms with Crippen LogP contribution in [0.5, 0.6) is 5.75 Å². The van der Waals surface area contributed by atoms with Gasteiger partial charge in [0, 0.05) is 32.8 Å². The highest BCUT2D eigenvalue weighted by molar-refractivity contribution is 8.00. The van der Waals surface area contributed by atoms with Gasteiger partial charge in [-0.05, 0) is 67.3 Å². The van der Waals surface area contributed by atoms with Gasteiger partial charge in [0.2, 0.25) is 5.91 Å². The Bertz CT molecular complexity index is 1870. The molecular formula is C38H35N3O4S. The zero-order valence-corrected chi connectivity index (χ0v) is 26.5. The largest absolute Gasteiger partial charge is 0.493 e. The Kier molecular flexibility index (Phi) is 10.9. The first-order chi connectivity index (χ1) is 22.4. The van der Waals surface area contributed by atoms with E-state index in [1.807, 2.05) is 105 Å². The second kappa shape index (κ2) is 15.6. The summed E-state index contributed by atoms with van der Waals surface area (Å²) in [5.74, 6) is -0.420. The molecule has 5 aromatic carbocycles. The van der Waals surface area contributed by atoms with Gasteiger partial charge in [-0.1, -0.05) is 85.8 Å². The van der Waals surface area contributed by atoms with Gasteiger partial charge < -0.3 is 20.7 Å². The van der Waals surface area contributed by atoms with Crippen LogP contribution in [0, 0.1) is 0 Å². The van der Waals surface area contributed by atoms with E-state index in [2.05, 4.69) is 16.0 Å². The maximum atomic E-state index is 13.7. The molecule has 0 spiro atoms. The molecule has 1 atom stereocenters. The molecule has 7 nitrogen and oxygen atoms in total. The zero-order chi connectivity index (χ0) is 32.3. The quantitative estimate of drug-likeness (QED) is 0.0956. The van der Waals surface area contributed by atoms with E-state index in [1.165, 1.54) is 11.8 Å². The molecule has 0 aromatic heterocycles. The molecule has 5 aromatic rings. The summed E-state index contributed by atoms with van der Waals surface area (Å²) in [4.78, 5) is 40.9. The fourth-order valence-corrected chi connectivity index (χ4v) is 5.88. The fourth-order valence-electron chi connectivity index (χ4n) is 4.86. The first kappa shape index (κ1) is 32.1. The van der Waals surface area contributed by atoms with Crippen molar-refractivity contribution in [3.8, 4) is 5.75 Å². The van der Waals surface area contributed by atoms with E-state index in [-0.39, 0.29) is 16.9 Å². The topological polar surface area (TPSA) is 96.5 Å². The summed E-state index contributed by atoms with van der Waals surface area (Å²) in [6.07, 6.45) is 2.21. The molecule has 0 saturated carbocycles. The van der Waals surface area contributed by atoms with Crippen LogP contribution < -0.4 is 20.7 Å². The number of carbonyl (C=O) groups excluding carboxylic acids is 3. The van der Waals surface area contributed by atoms with Crippen LogP contribution in [0.1, 0.15) is 36.2 Å². The van der Waals surface area contributed by atoms with Gasteiger partial charge in [-0.25, -0.2) is 0 Å². The highest BCUT2D eigenvalue weighted by Crippen LogP contribution is 2.30. The number of hydrogen-bond donors (Lipinski definition) is 3. The lowest BCUT2D eigenvalue weighted by atomic mass is 10.1. The number of thioether (sulfide) groups is 1. The molecule has 8 heteroatoms. The van der Waals surface area contributed by atoms with Crippen molar-refractivity contribution in [2.45, 2.75) is 30.4 Å². The maximum absolute atomic E-state index is 13.7. The summed E-state index contributed by atoms with van der Waals surface area (Å²) in [6.45, 7) is 4.30. The first-order valence-corrected chi connectivity index (χ1v) is 16.0. The van der Waals surface area contributed by atoms with Crippen LogP contribution in [0.25, 0.3) is 16.8 Å². The van der Waals surface area contributed by atoms with E-state index in [0.29, 0.717) is 35.6 Å². The lowest BCUT2D eigenvalue weighted by molar-refractivity contribution is -0.116. The first-order valence-electron chi connectivity index (χ1n) is 15.1. The molecular weight excluding hydrogens is 595 g/mol. The van der Waals surface area contributed by atoms with Gasteiger partial charge in [0.05, 0.1) is 11.9 Å². The summed E-state index contributed by atoms with van der Waals surface area (Å²) in [5, 5.41) is 10.5. The average molecular weight is 630 g/mol. The molecule has 1 unspecified atom stereocenters. The van der Waals surface area contributed by atoms with Crippen LogP contribution >= 0.6 is 11.8 Å². The van der Waals surface area contributed by atoms with Gasteiger partial charge in [0.15, 0.2) is 0 Å². The van der Waals surface area contributed by atoms with Gasteiger partial charge >= 0.3 is 0 Å². The van der Waals surface area contributed by atoms with Crippen molar-refractivity contribution < 1.29 is 19.1 Å². The molecule has 0 heterocycles. The number of ether oxygens (including phenoxy) is 1. The second-order valence-electron chi connectivity index (χ2n) is 10.4. The minimum absolute atomic E-state index is 0.0555. The van der Waals surface area contributed by atoms with E-state index in [9.17, 15) is 14.4 Å². The molecule has 232 valence electrons. The van der Waals surface area contributed by atoms with Gasteiger partial charge in [-0.2, -0.15) is 0 Å². The molecule has 0 saturated heterocycles. The summed E-state index contributed by atoms with van der Waals surface area (Å²) >= 11 is 1.42. The van der Waals surface area contributed by atoms with Gasteiger partial charge in [-0.3, -0.25) is 14.4 Å². The summed E-state index contributed by atoms with van der Waals surface area (Å²) in [6, 6.07) is 37.1. The minimum atomic E-state index is -0.501. The highest BCUT2D eigenvalue weighted by Gasteiger charge is 2.20. The van der Waals surface area contributed by atoms with E-state index < -0.39 is 11.8 Å². The Labute approximate surface area is 273 Å². The summed E-state index contributed by atoms with van der Waals surface area (Å²) < 4.78 is 5.74. The second-order valence-corrected chi connectivity index (χ2v) is 11.6. The van der Waals surface area contributed by atoms with Crippen LogP contribution in [0.4, 0.5) is 11.4 Å². The fraction of sp³-hybridized carbons (Fsp3) is 0.132. The normalized spacial score (nSPS) is 11.8. The van der Waals surface area contributed by atoms with Crippen molar-refractivity contribution in [1.29, 1.82) is 0 Å². The number of carbonyl (C=O) groups is 3. The summed E-state index contributed by atoms with van der Waals surface area (Å²) in [5.41, 5.74) is 2.42. The van der Waals surface area contributed by atoms with Crippen LogP contribution in [0.3, 0.4) is 0 Å². The Morgan fingerprint density at radius 3 is 2.30 bits per heavy atom. The number of para-hydroxylation sites is 1. The summed E-state index contributed by atoms with van der Waals surface area (Å²) in [7, 11) is 0. The van der Waals surface area contributed by atoms with Crippen molar-refractivity contribution in [1.82, 2.24) is 5.32 Å². The third kappa shape index (κ3) is 8.22. The van der Waals surface area contributed by atoms with Crippen LogP contribution in [-0.4, -0.2) is 29.6 Å². The monoisotopic (exact) mass is 629 g/mol. The zero-order valence-electron chi connectivity index (χ0n) is 25.7. The number of rotatable bonds is 12. The molecule has 3 amide bonds. The molecule has 0 bridgehead atoms. The third-order valence-corrected chi connectivity index (χ3v) is 8.49. The lowest BCUT2D eigenvalue weighted by Gasteiger charge is -2.17. The van der Waals surface area contributed by atoms with E-state index in [1.54, 1.807) is 36.4 Å². The molecule has 3 N–H and O–H groups in total. The molecule has 46 heavy (non-hydrogen) atoms. The highest BCUT2D eigenvalue weighted by atomic mass is 32.2. The molecule has 5 rings (SSSR count). The SMILES string of the molecule is CCOc1ccccc1/C=C(/NC(=O)c1ccccc1)C(=O)Nc1cccc(SC(CC)C(=O)Nc2cccc3ccccc23)c1. The Balaban J connectivity index is 1.34. The number of benzene rings is 5. The number of anilines is 2. The Morgan fingerprint density at radius 1 is 0.783 bits per heavy atom. The van der Waals surface area contributed by atoms with Crippen molar-refractivity contribution in [3.63, 3.8) is 0 Å². The van der Waals surface area contributed by atoms with Gasteiger partial charge in [0.1, 0.15) is 11.4 Å². The maximum Gasteiger partial charge on any atom is 0.272 e. The van der Waals surface area contributed by atoms with Crippen LogP contribution in [-0.2, 0) is 9.59 Å². The van der Waals surface area contributed by atoms with Crippen molar-refractivity contribution >= 4 is 57.7 Å². The number of fused-ring (bicyclic) bond motifs is 1. The number of nitrogens with one attached hydrogen (secondary N) is 3. The van der Waals surface area contributed by atoms with Crippen molar-refractivity contribution in [3.05, 3.63) is 138 Å². The Morgan fingerprint density at radius 2 is 1.50 bits per heavy atom.